The van der Waals surface area contributed by atoms with Gasteiger partial charge in [0.25, 0.3) is 0 Å². The third-order valence-electron chi connectivity index (χ3n) is 1.35. The van der Waals surface area contributed by atoms with Crippen LogP contribution in [0.5, 0.6) is 0 Å². The molecule has 0 N–H and O–H groups in total. The molecular weight excluding hydrogens is 116 g/mol. The normalized spacial score (nSPS) is 12.9. The summed E-state index contributed by atoms with van der Waals surface area (Å²) in [5.41, 5.74) is 0. The fraction of sp³-hybridized carbons (Fsp3) is 0.800. The summed E-state index contributed by atoms with van der Waals surface area (Å²) in [4.78, 5) is 0. The highest BCUT2D eigenvalue weighted by molar-refractivity contribution is 7.32. The first-order valence-electron chi connectivity index (χ1n) is 2.60. The minimum Gasteiger partial charge on any atom is -0.0733 e. The zero-order valence-corrected chi connectivity index (χ0v) is 7.71. The molecular formula is C5H14Si2. The molecule has 0 aromatic carbocycles. The van der Waals surface area contributed by atoms with Gasteiger partial charge in [0.15, 0.2) is 0 Å². The number of rotatable bonds is 1. The zero-order chi connectivity index (χ0) is 6.08. The molecule has 0 aliphatic carbocycles. The van der Waals surface area contributed by atoms with Crippen molar-refractivity contribution in [1.82, 2.24) is 0 Å². The van der Waals surface area contributed by atoms with E-state index in [2.05, 4.69) is 32.7 Å². The maximum atomic E-state index is 4.15. The van der Waals surface area contributed by atoms with Crippen LogP contribution < -0.4 is 0 Å². The molecule has 0 nitrogen and oxygen atoms in total. The van der Waals surface area contributed by atoms with Crippen LogP contribution in [0.1, 0.15) is 0 Å². The van der Waals surface area contributed by atoms with E-state index in [9.17, 15) is 0 Å². The first-order chi connectivity index (χ1) is 2.94. The smallest absolute Gasteiger partial charge is 0.0381 e. The maximum absolute atomic E-state index is 4.15. The summed E-state index contributed by atoms with van der Waals surface area (Å²) in [7, 11) is -0.905. The summed E-state index contributed by atoms with van der Waals surface area (Å²) in [5, 5.41) is 0. The summed E-state index contributed by atoms with van der Waals surface area (Å²) < 4.78 is 0. The fourth-order valence-corrected chi connectivity index (χ4v) is 0. The van der Waals surface area contributed by atoms with E-state index in [-0.39, 0.29) is 8.31 Å². The molecule has 7 heavy (non-hydrogen) atoms. The molecule has 0 fully saturated rings. The standard InChI is InChI=1S/C5H14Si2/c1-6(2)7(3,4)5/h3H2,1-2,4-5H3. The van der Waals surface area contributed by atoms with Gasteiger partial charge in [-0.25, -0.2) is 0 Å². The van der Waals surface area contributed by atoms with Gasteiger partial charge in [-0.15, -0.1) is 0 Å². The van der Waals surface area contributed by atoms with E-state index in [4.69, 9.17) is 0 Å². The van der Waals surface area contributed by atoms with Crippen LogP contribution in [0, 0.1) is 6.55 Å². The molecule has 0 aromatic heterocycles. The molecule has 2 radical (unpaired) electrons. The van der Waals surface area contributed by atoms with Crippen LogP contribution in [0.4, 0.5) is 0 Å². The molecule has 0 heterocycles. The largest absolute Gasteiger partial charge is 0.0733 e. The average molecular weight is 130 g/mol. The van der Waals surface area contributed by atoms with E-state index in [1.807, 2.05) is 0 Å². The summed E-state index contributed by atoms with van der Waals surface area (Å²) in [5.74, 6) is 0. The first-order valence-corrected chi connectivity index (χ1v) is 9.31. The van der Waals surface area contributed by atoms with Gasteiger partial charge < -0.3 is 0 Å². The second-order valence-electron chi connectivity index (χ2n) is 2.88. The van der Waals surface area contributed by atoms with Crippen molar-refractivity contribution in [2.75, 3.05) is 0 Å². The van der Waals surface area contributed by atoms with Crippen LogP contribution >= 0.6 is 0 Å². The van der Waals surface area contributed by atoms with E-state index in [0.717, 1.165) is 0 Å². The van der Waals surface area contributed by atoms with Crippen molar-refractivity contribution >= 4 is 15.9 Å². The average Bonchev–Trinajstić information content (AvgIpc) is 1.31. The number of hydrogen-bond acceptors (Lipinski definition) is 0. The Bertz CT molecular complexity index is 51.6. The van der Waals surface area contributed by atoms with Crippen molar-refractivity contribution in [1.29, 1.82) is 0 Å². The molecule has 0 aromatic rings. The van der Waals surface area contributed by atoms with Crippen LogP contribution in [0.3, 0.4) is 0 Å². The van der Waals surface area contributed by atoms with Gasteiger partial charge in [-0.3, -0.25) is 0 Å². The molecule has 0 aliphatic rings. The molecule has 0 rings (SSSR count). The fourth-order valence-electron chi connectivity index (χ4n) is 0. The predicted molar refractivity (Wildman–Crippen MR) is 40.3 cm³/mol. The van der Waals surface area contributed by atoms with E-state index in [1.54, 1.807) is 0 Å². The summed E-state index contributed by atoms with van der Waals surface area (Å²) >= 11 is 0. The molecule has 2 heteroatoms. The van der Waals surface area contributed by atoms with Crippen LogP contribution in [0.25, 0.3) is 0 Å². The lowest BCUT2D eigenvalue weighted by molar-refractivity contribution is 1.88. The topological polar surface area (TPSA) is 0 Å². The van der Waals surface area contributed by atoms with Gasteiger partial charge in [0.2, 0.25) is 0 Å². The molecule has 0 unspecified atom stereocenters. The highest BCUT2D eigenvalue weighted by Gasteiger charge is 2.18. The van der Waals surface area contributed by atoms with Gasteiger partial charge in [-0.05, 0) is 0 Å². The van der Waals surface area contributed by atoms with Gasteiger partial charge in [0, 0.05) is 15.9 Å². The highest BCUT2D eigenvalue weighted by Crippen LogP contribution is 2.02. The van der Waals surface area contributed by atoms with Crippen LogP contribution in [0.2, 0.25) is 26.2 Å². The Labute approximate surface area is 49.3 Å². The zero-order valence-electron chi connectivity index (χ0n) is 5.71. The Hall–Kier alpha value is 0.434. The van der Waals surface area contributed by atoms with Crippen LogP contribution in [0.15, 0.2) is 0 Å². The van der Waals surface area contributed by atoms with Crippen molar-refractivity contribution < 1.29 is 0 Å². The molecule has 0 saturated carbocycles. The molecule has 0 aliphatic heterocycles. The second kappa shape index (κ2) is 2.13. The van der Waals surface area contributed by atoms with Crippen molar-refractivity contribution in [3.8, 4) is 0 Å². The summed E-state index contributed by atoms with van der Waals surface area (Å²) in [6, 6.07) is 0. The summed E-state index contributed by atoms with van der Waals surface area (Å²) in [6.07, 6.45) is 0. The van der Waals surface area contributed by atoms with Gasteiger partial charge in [-0.2, -0.15) is 0 Å². The molecule has 42 valence electrons. The van der Waals surface area contributed by atoms with E-state index >= 15 is 0 Å². The quantitative estimate of drug-likeness (QED) is 0.476. The van der Waals surface area contributed by atoms with E-state index in [0.29, 0.717) is 0 Å². The lowest BCUT2D eigenvalue weighted by Crippen LogP contribution is -2.38. The molecule has 0 atom stereocenters. The van der Waals surface area contributed by atoms with Crippen molar-refractivity contribution in [3.63, 3.8) is 0 Å². The predicted octanol–water partition coefficient (Wildman–Crippen LogP) is 1.90. The van der Waals surface area contributed by atoms with Crippen molar-refractivity contribution in [3.05, 3.63) is 6.55 Å². The Balaban J connectivity index is 3.54. The van der Waals surface area contributed by atoms with Gasteiger partial charge in [-0.1, -0.05) is 32.7 Å². The Morgan fingerprint density at radius 2 is 1.43 bits per heavy atom. The molecule has 0 amide bonds. The summed E-state index contributed by atoms with van der Waals surface area (Å²) in [6.45, 7) is 13.5. The molecule has 0 spiro atoms. The Kier molecular flexibility index (Phi) is 2.27. The maximum Gasteiger partial charge on any atom is 0.0381 e. The highest BCUT2D eigenvalue weighted by atomic mass is 29.2. The van der Waals surface area contributed by atoms with Gasteiger partial charge in [0.05, 0.1) is 0 Å². The number of hydrogen-bond donors (Lipinski definition) is 0. The van der Waals surface area contributed by atoms with Crippen LogP contribution in [-0.2, 0) is 0 Å². The third-order valence-corrected chi connectivity index (χ3v) is 12.2. The van der Waals surface area contributed by atoms with Gasteiger partial charge >= 0.3 is 0 Å². The van der Waals surface area contributed by atoms with Crippen molar-refractivity contribution in [2.45, 2.75) is 26.2 Å². The van der Waals surface area contributed by atoms with Gasteiger partial charge in [0.1, 0.15) is 0 Å². The lowest BCUT2D eigenvalue weighted by Gasteiger charge is -2.18. The minimum absolute atomic E-state index is 0.0224. The minimum atomic E-state index is -0.883. The molecule has 0 bridgehead atoms. The monoisotopic (exact) mass is 130 g/mol. The third kappa shape index (κ3) is 3.06. The Morgan fingerprint density at radius 1 is 1.29 bits per heavy atom. The SMILES string of the molecule is [CH2][Si](C)(C)[Si](C)C. The lowest BCUT2D eigenvalue weighted by atomic mass is 11.8. The van der Waals surface area contributed by atoms with Crippen molar-refractivity contribution in [2.24, 2.45) is 0 Å². The van der Waals surface area contributed by atoms with E-state index in [1.165, 1.54) is 0 Å². The first kappa shape index (κ1) is 7.43. The van der Waals surface area contributed by atoms with Crippen LogP contribution in [-0.4, -0.2) is 15.9 Å². The molecule has 0 saturated heterocycles. The Morgan fingerprint density at radius 3 is 1.43 bits per heavy atom. The second-order valence-corrected chi connectivity index (χ2v) is 15.7. The van der Waals surface area contributed by atoms with E-state index < -0.39 is 7.59 Å².